The minimum atomic E-state index is -0.560. The zero-order valence-corrected chi connectivity index (χ0v) is 14.8. The molecule has 7 heteroatoms. The van der Waals surface area contributed by atoms with Crippen molar-refractivity contribution in [1.82, 2.24) is 4.90 Å². The highest BCUT2D eigenvalue weighted by Gasteiger charge is 2.29. The molecule has 1 aliphatic heterocycles. The highest BCUT2D eigenvalue weighted by molar-refractivity contribution is 6.33. The molecule has 0 saturated carbocycles. The fraction of sp³-hybridized carbons (Fsp3) is 0.316. The minimum Gasteiger partial charge on any atom is -0.388 e. The average molecular weight is 375 g/mol. The Morgan fingerprint density at radius 2 is 1.85 bits per heavy atom. The summed E-state index contributed by atoms with van der Waals surface area (Å²) >= 11 is 6.06. The molecule has 0 bridgehead atoms. The zero-order valence-electron chi connectivity index (χ0n) is 14.0. The van der Waals surface area contributed by atoms with Gasteiger partial charge in [0.1, 0.15) is 0 Å². The molecule has 0 radical (unpaired) electrons. The Kier molecular flexibility index (Phi) is 5.54. The molecule has 1 N–H and O–H groups in total. The zero-order chi connectivity index (χ0) is 18.7. The van der Waals surface area contributed by atoms with Gasteiger partial charge in [-0.1, -0.05) is 41.9 Å². The predicted molar refractivity (Wildman–Crippen MR) is 98.1 cm³/mol. The smallest absolute Gasteiger partial charge is 0.270 e. The number of nitro groups is 1. The topological polar surface area (TPSA) is 83.7 Å². The second-order valence-electron chi connectivity index (χ2n) is 6.41. The van der Waals surface area contributed by atoms with E-state index in [1.165, 1.54) is 18.2 Å². The van der Waals surface area contributed by atoms with E-state index in [1.54, 1.807) is 4.90 Å². The van der Waals surface area contributed by atoms with Crippen LogP contribution in [0.5, 0.6) is 0 Å². The third-order valence-electron chi connectivity index (χ3n) is 4.81. The standard InChI is InChI=1S/C19H19ClN2O4/c20-17-7-6-15(22(25)26)12-16(17)19(24)21-10-8-14(9-11-21)18(23)13-4-2-1-3-5-13/h1-7,12,14,18,23H,8-11H2. The summed E-state index contributed by atoms with van der Waals surface area (Å²) in [6.07, 6.45) is 0.762. The van der Waals surface area contributed by atoms with Gasteiger partial charge in [0.05, 0.1) is 21.6 Å². The summed E-state index contributed by atoms with van der Waals surface area (Å²) in [7, 11) is 0. The highest BCUT2D eigenvalue weighted by atomic mass is 35.5. The Labute approximate surface area is 156 Å². The lowest BCUT2D eigenvalue weighted by atomic mass is 9.87. The Morgan fingerprint density at radius 1 is 1.19 bits per heavy atom. The maximum Gasteiger partial charge on any atom is 0.270 e. The first kappa shape index (κ1) is 18.4. The second-order valence-corrected chi connectivity index (χ2v) is 6.81. The quantitative estimate of drug-likeness (QED) is 0.651. The number of nitro benzene ring substituents is 1. The van der Waals surface area contributed by atoms with Crippen LogP contribution >= 0.6 is 11.6 Å². The van der Waals surface area contributed by atoms with Crippen LogP contribution < -0.4 is 0 Å². The van der Waals surface area contributed by atoms with Crippen molar-refractivity contribution in [2.75, 3.05) is 13.1 Å². The number of benzene rings is 2. The SMILES string of the molecule is O=C(c1cc([N+](=O)[O-])ccc1Cl)N1CCC(C(O)c2ccccc2)CC1. The monoisotopic (exact) mass is 374 g/mol. The molecule has 0 aromatic heterocycles. The van der Waals surface area contributed by atoms with Gasteiger partial charge in [-0.2, -0.15) is 0 Å². The molecule has 1 amide bonds. The van der Waals surface area contributed by atoms with E-state index in [0.29, 0.717) is 25.9 Å². The predicted octanol–water partition coefficient (Wildman–Crippen LogP) is 3.83. The number of amides is 1. The fourth-order valence-electron chi connectivity index (χ4n) is 3.30. The average Bonchev–Trinajstić information content (AvgIpc) is 2.68. The minimum absolute atomic E-state index is 0.0713. The van der Waals surface area contributed by atoms with Crippen molar-refractivity contribution in [3.05, 3.63) is 74.8 Å². The first-order valence-corrected chi connectivity index (χ1v) is 8.81. The summed E-state index contributed by atoms with van der Waals surface area (Å²) < 4.78 is 0. The van der Waals surface area contributed by atoms with Crippen molar-refractivity contribution in [2.45, 2.75) is 18.9 Å². The summed E-state index contributed by atoms with van der Waals surface area (Å²) in [4.78, 5) is 24.7. The maximum absolute atomic E-state index is 12.7. The Hall–Kier alpha value is -2.44. The Balaban J connectivity index is 1.67. The van der Waals surface area contributed by atoms with Gasteiger partial charge in [0.2, 0.25) is 0 Å². The molecule has 2 aromatic rings. The number of halogens is 1. The van der Waals surface area contributed by atoms with E-state index in [1.807, 2.05) is 30.3 Å². The number of likely N-dealkylation sites (tertiary alicyclic amines) is 1. The van der Waals surface area contributed by atoms with Crippen molar-refractivity contribution < 1.29 is 14.8 Å². The summed E-state index contributed by atoms with van der Waals surface area (Å²) in [6.45, 7) is 0.957. The summed E-state index contributed by atoms with van der Waals surface area (Å²) in [5, 5.41) is 21.7. The van der Waals surface area contributed by atoms with Gasteiger partial charge in [-0.15, -0.1) is 0 Å². The fourth-order valence-corrected chi connectivity index (χ4v) is 3.50. The Morgan fingerprint density at radius 3 is 2.46 bits per heavy atom. The molecule has 26 heavy (non-hydrogen) atoms. The van der Waals surface area contributed by atoms with Crippen molar-refractivity contribution in [2.24, 2.45) is 5.92 Å². The number of nitrogens with zero attached hydrogens (tertiary/aromatic N) is 2. The number of carbonyl (C=O) groups is 1. The van der Waals surface area contributed by atoms with Gasteiger partial charge >= 0.3 is 0 Å². The van der Waals surface area contributed by atoms with E-state index < -0.39 is 11.0 Å². The number of hydrogen-bond donors (Lipinski definition) is 1. The molecule has 3 rings (SSSR count). The van der Waals surface area contributed by atoms with E-state index >= 15 is 0 Å². The van der Waals surface area contributed by atoms with Crippen molar-refractivity contribution in [3.8, 4) is 0 Å². The van der Waals surface area contributed by atoms with Crippen LogP contribution in [-0.2, 0) is 0 Å². The molecule has 1 heterocycles. The lowest BCUT2D eigenvalue weighted by Gasteiger charge is -2.34. The van der Waals surface area contributed by atoms with Crippen LogP contribution in [-0.4, -0.2) is 33.9 Å². The lowest BCUT2D eigenvalue weighted by Crippen LogP contribution is -2.39. The van der Waals surface area contributed by atoms with E-state index in [2.05, 4.69) is 0 Å². The number of piperidine rings is 1. The summed E-state index contributed by atoms with van der Waals surface area (Å²) in [5.41, 5.74) is 0.856. The molecule has 1 fully saturated rings. The van der Waals surface area contributed by atoms with Crippen LogP contribution in [0.4, 0.5) is 5.69 Å². The molecular formula is C19H19ClN2O4. The largest absolute Gasteiger partial charge is 0.388 e. The first-order chi connectivity index (χ1) is 12.5. The third-order valence-corrected chi connectivity index (χ3v) is 5.14. The second kappa shape index (κ2) is 7.85. The number of rotatable bonds is 4. The molecule has 0 spiro atoms. The van der Waals surface area contributed by atoms with Crippen LogP contribution in [0.15, 0.2) is 48.5 Å². The van der Waals surface area contributed by atoms with E-state index in [-0.39, 0.29) is 28.1 Å². The van der Waals surface area contributed by atoms with Gasteiger partial charge in [0, 0.05) is 25.2 Å². The number of aliphatic hydroxyl groups excluding tert-OH is 1. The molecular weight excluding hydrogens is 356 g/mol. The van der Waals surface area contributed by atoms with E-state index in [4.69, 9.17) is 11.6 Å². The summed E-state index contributed by atoms with van der Waals surface area (Å²) in [5.74, 6) is -0.242. The molecule has 0 aliphatic carbocycles. The van der Waals surface area contributed by atoms with Crippen LogP contribution in [0.2, 0.25) is 5.02 Å². The van der Waals surface area contributed by atoms with E-state index in [9.17, 15) is 20.0 Å². The van der Waals surface area contributed by atoms with Gasteiger partial charge in [0.25, 0.3) is 11.6 Å². The van der Waals surface area contributed by atoms with Gasteiger partial charge < -0.3 is 10.0 Å². The normalized spacial score (nSPS) is 16.3. The number of hydrogen-bond acceptors (Lipinski definition) is 4. The number of carbonyl (C=O) groups excluding carboxylic acids is 1. The molecule has 136 valence electrons. The summed E-state index contributed by atoms with van der Waals surface area (Å²) in [6, 6.07) is 13.3. The number of non-ortho nitro benzene ring substituents is 1. The highest BCUT2D eigenvalue weighted by Crippen LogP contribution is 2.32. The first-order valence-electron chi connectivity index (χ1n) is 8.43. The van der Waals surface area contributed by atoms with Crippen LogP contribution in [0.3, 0.4) is 0 Å². The maximum atomic E-state index is 12.7. The molecule has 1 atom stereocenters. The van der Waals surface area contributed by atoms with Gasteiger partial charge in [-0.25, -0.2) is 0 Å². The number of aliphatic hydroxyl groups is 1. The Bertz CT molecular complexity index is 804. The van der Waals surface area contributed by atoms with Gasteiger partial charge in [-0.3, -0.25) is 14.9 Å². The van der Waals surface area contributed by atoms with Gasteiger partial charge in [0.15, 0.2) is 0 Å². The molecule has 2 aromatic carbocycles. The van der Waals surface area contributed by atoms with Crippen molar-refractivity contribution >= 4 is 23.2 Å². The molecule has 1 aliphatic rings. The molecule has 1 saturated heterocycles. The molecule has 1 unspecified atom stereocenters. The third kappa shape index (κ3) is 3.86. The van der Waals surface area contributed by atoms with Gasteiger partial charge in [-0.05, 0) is 30.4 Å². The lowest BCUT2D eigenvalue weighted by molar-refractivity contribution is -0.384. The molecule has 6 nitrogen and oxygen atoms in total. The van der Waals surface area contributed by atoms with Crippen molar-refractivity contribution in [1.29, 1.82) is 0 Å². The van der Waals surface area contributed by atoms with Crippen LogP contribution in [0.1, 0.15) is 34.9 Å². The van der Waals surface area contributed by atoms with Crippen molar-refractivity contribution in [3.63, 3.8) is 0 Å². The van der Waals surface area contributed by atoms with Crippen LogP contribution in [0, 0.1) is 16.0 Å². The van der Waals surface area contributed by atoms with E-state index in [0.717, 1.165) is 5.56 Å². The van der Waals surface area contributed by atoms with Crippen LogP contribution in [0.25, 0.3) is 0 Å².